The van der Waals surface area contributed by atoms with Crippen molar-refractivity contribution >= 4 is 21.9 Å². The van der Waals surface area contributed by atoms with E-state index in [4.69, 9.17) is 5.14 Å². The maximum absolute atomic E-state index is 12.5. The van der Waals surface area contributed by atoms with Crippen LogP contribution < -0.4 is 10.5 Å². The molecule has 8 nitrogen and oxygen atoms in total. The molecule has 1 amide bonds. The second-order valence-electron chi connectivity index (χ2n) is 6.06. The quantitative estimate of drug-likeness (QED) is 0.705. The van der Waals surface area contributed by atoms with Gasteiger partial charge in [-0.05, 0) is 51.0 Å². The number of anilines is 1. The van der Waals surface area contributed by atoms with Gasteiger partial charge in [0.15, 0.2) is 0 Å². The largest absolute Gasteiger partial charge is 0.354 e. The van der Waals surface area contributed by atoms with Crippen molar-refractivity contribution in [3.8, 4) is 0 Å². The van der Waals surface area contributed by atoms with Gasteiger partial charge in [0.05, 0.1) is 4.90 Å². The van der Waals surface area contributed by atoms with Gasteiger partial charge >= 0.3 is 0 Å². The van der Waals surface area contributed by atoms with Crippen molar-refractivity contribution in [3.05, 3.63) is 47.3 Å². The van der Waals surface area contributed by atoms with Crippen molar-refractivity contribution in [2.75, 3.05) is 25.0 Å². The first kappa shape index (κ1) is 20.8. The molecule has 2 aromatic rings. The van der Waals surface area contributed by atoms with Crippen molar-refractivity contribution in [1.82, 2.24) is 14.9 Å². The van der Waals surface area contributed by atoms with Crippen LogP contribution >= 0.6 is 0 Å². The minimum Gasteiger partial charge on any atom is -0.354 e. The highest BCUT2D eigenvalue weighted by molar-refractivity contribution is 7.89. The lowest BCUT2D eigenvalue weighted by molar-refractivity contribution is 0.0767. The molecule has 0 saturated carbocycles. The summed E-state index contributed by atoms with van der Waals surface area (Å²) in [5.41, 5.74) is 2.02. The number of primary sulfonamides is 1. The number of carbonyl (C=O) groups is 1. The number of nitrogens with two attached hydrogens (primary N) is 1. The van der Waals surface area contributed by atoms with Crippen LogP contribution in [0.2, 0.25) is 0 Å². The Morgan fingerprint density at radius 1 is 1.15 bits per heavy atom. The van der Waals surface area contributed by atoms with E-state index >= 15 is 0 Å². The predicted molar refractivity (Wildman–Crippen MR) is 104 cm³/mol. The summed E-state index contributed by atoms with van der Waals surface area (Å²) >= 11 is 0. The summed E-state index contributed by atoms with van der Waals surface area (Å²) < 4.78 is 22.5. The topological polar surface area (TPSA) is 118 Å². The summed E-state index contributed by atoms with van der Waals surface area (Å²) in [7, 11) is -3.68. The molecule has 0 aliphatic heterocycles. The molecule has 0 aliphatic rings. The minimum absolute atomic E-state index is 0.0841. The molecule has 0 radical (unpaired) electrons. The van der Waals surface area contributed by atoms with Gasteiger partial charge in [0.25, 0.3) is 5.91 Å². The molecular weight excluding hydrogens is 366 g/mol. The Morgan fingerprint density at radius 3 is 2.33 bits per heavy atom. The fourth-order valence-electron chi connectivity index (χ4n) is 2.59. The fraction of sp³-hybridized carbons (Fsp3) is 0.389. The normalized spacial score (nSPS) is 11.3. The van der Waals surface area contributed by atoms with E-state index < -0.39 is 10.0 Å². The van der Waals surface area contributed by atoms with Crippen molar-refractivity contribution in [3.63, 3.8) is 0 Å². The molecule has 2 rings (SSSR count). The van der Waals surface area contributed by atoms with E-state index in [1.165, 1.54) is 12.1 Å². The number of rotatable bonds is 8. The zero-order valence-electron chi connectivity index (χ0n) is 15.8. The van der Waals surface area contributed by atoms with E-state index in [9.17, 15) is 13.2 Å². The Balaban J connectivity index is 2.02. The van der Waals surface area contributed by atoms with E-state index in [1.54, 1.807) is 23.1 Å². The Labute approximate surface area is 159 Å². The number of nitrogens with one attached hydrogen (secondary N) is 1. The Morgan fingerprint density at radius 2 is 1.78 bits per heavy atom. The number of sulfonamides is 1. The molecule has 0 aliphatic carbocycles. The zero-order chi connectivity index (χ0) is 20.0. The molecule has 9 heteroatoms. The SMILES string of the molecule is CCN(CC)C(=O)c1cc(C)nc(NCCc2ccc(S(N)(=O)=O)cc2)n1. The number of aryl methyl sites for hydroxylation is 1. The predicted octanol–water partition coefficient (Wildman–Crippen LogP) is 1.57. The van der Waals surface area contributed by atoms with Crippen LogP contribution in [0.3, 0.4) is 0 Å². The molecule has 1 heterocycles. The Bertz CT molecular complexity index is 894. The minimum atomic E-state index is -3.68. The maximum atomic E-state index is 12.5. The molecule has 0 fully saturated rings. The highest BCUT2D eigenvalue weighted by atomic mass is 32.2. The molecule has 0 unspecified atom stereocenters. The van der Waals surface area contributed by atoms with Gasteiger partial charge in [-0.1, -0.05) is 12.1 Å². The van der Waals surface area contributed by atoms with Crippen LogP contribution in [0.15, 0.2) is 35.2 Å². The monoisotopic (exact) mass is 391 g/mol. The van der Waals surface area contributed by atoms with Gasteiger partial charge < -0.3 is 10.2 Å². The van der Waals surface area contributed by atoms with E-state index in [0.717, 1.165) is 5.56 Å². The van der Waals surface area contributed by atoms with Crippen LogP contribution in [-0.2, 0) is 16.4 Å². The van der Waals surface area contributed by atoms with Gasteiger partial charge in [-0.15, -0.1) is 0 Å². The van der Waals surface area contributed by atoms with Gasteiger partial charge in [0.2, 0.25) is 16.0 Å². The molecule has 1 aromatic heterocycles. The van der Waals surface area contributed by atoms with Crippen LogP contribution in [0.1, 0.15) is 35.6 Å². The lowest BCUT2D eigenvalue weighted by Gasteiger charge is -2.18. The first-order valence-corrected chi connectivity index (χ1v) is 10.3. The smallest absolute Gasteiger partial charge is 0.272 e. The van der Waals surface area contributed by atoms with Gasteiger partial charge in [-0.2, -0.15) is 0 Å². The summed E-state index contributed by atoms with van der Waals surface area (Å²) in [4.78, 5) is 22.9. The number of amides is 1. The van der Waals surface area contributed by atoms with E-state index in [-0.39, 0.29) is 10.8 Å². The first-order valence-electron chi connectivity index (χ1n) is 8.75. The summed E-state index contributed by atoms with van der Waals surface area (Å²) in [5.74, 6) is 0.277. The average Bonchev–Trinajstić information content (AvgIpc) is 2.62. The molecule has 146 valence electrons. The van der Waals surface area contributed by atoms with Crippen molar-refractivity contribution in [2.45, 2.75) is 32.1 Å². The van der Waals surface area contributed by atoms with Crippen LogP contribution in [0.4, 0.5) is 5.95 Å². The van der Waals surface area contributed by atoms with E-state index in [0.29, 0.717) is 43.4 Å². The lowest BCUT2D eigenvalue weighted by atomic mass is 10.1. The highest BCUT2D eigenvalue weighted by Crippen LogP contribution is 2.11. The molecular formula is C18H25N5O3S. The standard InChI is InChI=1S/C18H25N5O3S/c1-4-23(5-2)17(24)16-12-13(3)21-18(22-16)20-11-10-14-6-8-15(9-7-14)27(19,25)26/h6-9,12H,4-5,10-11H2,1-3H3,(H2,19,25,26)(H,20,21,22). The highest BCUT2D eigenvalue weighted by Gasteiger charge is 2.15. The molecule has 3 N–H and O–H groups in total. The number of carbonyl (C=O) groups excluding carboxylic acids is 1. The number of hydrogen-bond acceptors (Lipinski definition) is 6. The lowest BCUT2D eigenvalue weighted by Crippen LogP contribution is -2.31. The second-order valence-corrected chi connectivity index (χ2v) is 7.62. The van der Waals surface area contributed by atoms with Gasteiger partial charge in [-0.3, -0.25) is 4.79 Å². The van der Waals surface area contributed by atoms with Crippen LogP contribution in [0.5, 0.6) is 0 Å². The average molecular weight is 391 g/mol. The molecule has 0 bridgehead atoms. The Kier molecular flexibility index (Phi) is 6.86. The summed E-state index contributed by atoms with van der Waals surface area (Å²) in [5, 5.41) is 8.20. The number of benzene rings is 1. The molecule has 0 atom stereocenters. The number of hydrogen-bond donors (Lipinski definition) is 2. The maximum Gasteiger partial charge on any atom is 0.272 e. The van der Waals surface area contributed by atoms with Crippen molar-refractivity contribution in [2.24, 2.45) is 5.14 Å². The Hall–Kier alpha value is -2.52. The van der Waals surface area contributed by atoms with Crippen LogP contribution in [0, 0.1) is 6.92 Å². The van der Waals surface area contributed by atoms with Crippen LogP contribution in [0.25, 0.3) is 0 Å². The molecule has 27 heavy (non-hydrogen) atoms. The zero-order valence-corrected chi connectivity index (χ0v) is 16.6. The van der Waals surface area contributed by atoms with Crippen LogP contribution in [-0.4, -0.2) is 48.8 Å². The number of nitrogens with zero attached hydrogens (tertiary/aromatic N) is 3. The third kappa shape index (κ3) is 5.73. The van der Waals surface area contributed by atoms with E-state index in [1.807, 2.05) is 20.8 Å². The summed E-state index contributed by atoms with van der Waals surface area (Å²) in [6.45, 7) is 7.45. The van der Waals surface area contributed by atoms with Gasteiger partial charge in [0, 0.05) is 25.3 Å². The van der Waals surface area contributed by atoms with Gasteiger partial charge in [0.1, 0.15) is 5.69 Å². The first-order chi connectivity index (χ1) is 12.7. The fourth-order valence-corrected chi connectivity index (χ4v) is 3.11. The molecule has 0 saturated heterocycles. The number of aromatic nitrogens is 2. The summed E-state index contributed by atoms with van der Waals surface area (Å²) in [6, 6.07) is 8.07. The van der Waals surface area contributed by atoms with E-state index in [2.05, 4.69) is 15.3 Å². The van der Waals surface area contributed by atoms with Crippen molar-refractivity contribution in [1.29, 1.82) is 0 Å². The van der Waals surface area contributed by atoms with Crippen molar-refractivity contribution < 1.29 is 13.2 Å². The second kappa shape index (κ2) is 8.92. The molecule has 1 aromatic carbocycles. The molecule has 0 spiro atoms. The third-order valence-electron chi connectivity index (χ3n) is 4.07. The third-order valence-corrected chi connectivity index (χ3v) is 5.00. The van der Waals surface area contributed by atoms with Gasteiger partial charge in [-0.25, -0.2) is 23.5 Å². The summed E-state index contributed by atoms with van der Waals surface area (Å²) in [6.07, 6.45) is 0.640.